The Morgan fingerprint density at radius 1 is 1.24 bits per heavy atom. The number of hydrogen-bond acceptors (Lipinski definition) is 2. The van der Waals surface area contributed by atoms with Crippen LogP contribution in [0.5, 0.6) is 0 Å². The molecule has 0 saturated carbocycles. The van der Waals surface area contributed by atoms with E-state index >= 15 is 0 Å². The van der Waals surface area contributed by atoms with Crippen LogP contribution in [0, 0.1) is 6.92 Å². The number of aromatic amines is 1. The zero-order valence-corrected chi connectivity index (χ0v) is 9.58. The molecule has 2 aromatic heterocycles. The fourth-order valence-electron chi connectivity index (χ4n) is 1.42. The summed E-state index contributed by atoms with van der Waals surface area (Å²) in [5.74, 6) is 0. The lowest BCUT2D eigenvalue weighted by Gasteiger charge is -2.07. The fraction of sp³-hybridized carbons (Fsp3) is 0.182. The molecule has 90 valence electrons. The molecular formula is C11H8F3NOS. The topological polar surface area (TPSA) is 32.9 Å². The number of hydrogen-bond donors (Lipinski definition) is 1. The van der Waals surface area contributed by atoms with Crippen molar-refractivity contribution in [2.24, 2.45) is 0 Å². The number of aromatic nitrogens is 1. The highest BCUT2D eigenvalue weighted by molar-refractivity contribution is 7.15. The Bertz CT molecular complexity index is 597. The van der Waals surface area contributed by atoms with Crippen LogP contribution in [0.1, 0.15) is 10.4 Å². The van der Waals surface area contributed by atoms with Gasteiger partial charge >= 0.3 is 6.18 Å². The Morgan fingerprint density at radius 3 is 2.47 bits per heavy atom. The van der Waals surface area contributed by atoms with Crippen molar-refractivity contribution in [3.05, 3.63) is 45.1 Å². The van der Waals surface area contributed by atoms with Gasteiger partial charge in [0.05, 0.1) is 16.1 Å². The molecule has 2 aromatic rings. The Balaban J connectivity index is 2.57. The van der Waals surface area contributed by atoms with E-state index in [1.54, 1.807) is 12.1 Å². The van der Waals surface area contributed by atoms with Gasteiger partial charge in [-0.1, -0.05) is 0 Å². The van der Waals surface area contributed by atoms with Crippen molar-refractivity contribution in [1.29, 1.82) is 0 Å². The third-order valence-electron chi connectivity index (χ3n) is 2.18. The SMILES string of the molecule is Cc1ccc(-c2cc(C(F)(F)F)cc(=O)[nH]2)s1. The molecule has 0 aromatic carbocycles. The Kier molecular flexibility index (Phi) is 2.82. The molecule has 2 nitrogen and oxygen atoms in total. The molecule has 0 saturated heterocycles. The standard InChI is InChI=1S/C11H8F3NOS/c1-6-2-3-9(17-6)8-4-7(11(12,13)14)5-10(16)15-8/h2-5H,1H3,(H,15,16). The number of rotatable bonds is 1. The lowest BCUT2D eigenvalue weighted by Crippen LogP contribution is -2.13. The van der Waals surface area contributed by atoms with E-state index in [1.807, 2.05) is 6.92 Å². The summed E-state index contributed by atoms with van der Waals surface area (Å²) in [6.07, 6.45) is -4.50. The molecule has 0 bridgehead atoms. The summed E-state index contributed by atoms with van der Waals surface area (Å²) in [5, 5.41) is 0. The second kappa shape index (κ2) is 4.03. The molecule has 1 N–H and O–H groups in total. The first-order valence-corrected chi connectivity index (χ1v) is 5.56. The Hall–Kier alpha value is -1.56. The number of nitrogens with one attached hydrogen (secondary N) is 1. The first-order chi connectivity index (χ1) is 7.86. The number of pyridine rings is 1. The van der Waals surface area contributed by atoms with Crippen LogP contribution in [-0.2, 0) is 6.18 Å². The third-order valence-corrected chi connectivity index (χ3v) is 3.21. The summed E-state index contributed by atoms with van der Waals surface area (Å²) in [6, 6.07) is 4.99. The summed E-state index contributed by atoms with van der Waals surface area (Å²) in [6.45, 7) is 1.85. The molecule has 0 fully saturated rings. The molecule has 17 heavy (non-hydrogen) atoms. The van der Waals surface area contributed by atoms with E-state index in [2.05, 4.69) is 4.98 Å². The normalized spacial score (nSPS) is 11.8. The van der Waals surface area contributed by atoms with Crippen LogP contribution >= 0.6 is 11.3 Å². The van der Waals surface area contributed by atoms with Crippen LogP contribution in [0.25, 0.3) is 10.6 Å². The zero-order valence-electron chi connectivity index (χ0n) is 8.76. The largest absolute Gasteiger partial charge is 0.416 e. The molecule has 0 aliphatic heterocycles. The molecule has 2 rings (SSSR count). The van der Waals surface area contributed by atoms with Gasteiger partial charge in [-0.3, -0.25) is 4.79 Å². The summed E-state index contributed by atoms with van der Waals surface area (Å²) < 4.78 is 37.6. The average molecular weight is 259 g/mol. The van der Waals surface area contributed by atoms with Gasteiger partial charge in [-0.15, -0.1) is 11.3 Å². The quantitative estimate of drug-likeness (QED) is 0.836. The minimum atomic E-state index is -4.50. The average Bonchev–Trinajstić information content (AvgIpc) is 2.62. The molecule has 0 amide bonds. The molecule has 0 unspecified atom stereocenters. The summed E-state index contributed by atoms with van der Waals surface area (Å²) in [7, 11) is 0. The van der Waals surface area contributed by atoms with Gasteiger partial charge in [0.15, 0.2) is 0 Å². The molecular weight excluding hydrogens is 251 g/mol. The molecule has 6 heteroatoms. The second-order valence-electron chi connectivity index (χ2n) is 3.55. The van der Waals surface area contributed by atoms with Crippen LogP contribution < -0.4 is 5.56 Å². The number of alkyl halides is 3. The van der Waals surface area contributed by atoms with Gasteiger partial charge in [0, 0.05) is 10.9 Å². The molecule has 0 aliphatic rings. The van der Waals surface area contributed by atoms with E-state index in [0.717, 1.165) is 10.9 Å². The lowest BCUT2D eigenvalue weighted by molar-refractivity contribution is -0.137. The van der Waals surface area contributed by atoms with Crippen molar-refractivity contribution < 1.29 is 13.2 Å². The number of aryl methyl sites for hydroxylation is 1. The highest BCUT2D eigenvalue weighted by atomic mass is 32.1. The number of halogens is 3. The summed E-state index contributed by atoms with van der Waals surface area (Å²) in [5.41, 5.74) is -1.48. The maximum Gasteiger partial charge on any atom is 0.416 e. The van der Waals surface area contributed by atoms with Crippen LogP contribution in [-0.4, -0.2) is 4.98 Å². The van der Waals surface area contributed by atoms with E-state index in [1.165, 1.54) is 11.3 Å². The highest BCUT2D eigenvalue weighted by Gasteiger charge is 2.31. The first kappa shape index (κ1) is 11.9. The highest BCUT2D eigenvalue weighted by Crippen LogP contribution is 2.32. The predicted molar refractivity (Wildman–Crippen MR) is 60.1 cm³/mol. The van der Waals surface area contributed by atoms with Crippen molar-refractivity contribution in [2.75, 3.05) is 0 Å². The van der Waals surface area contributed by atoms with Crippen molar-refractivity contribution in [3.8, 4) is 10.6 Å². The van der Waals surface area contributed by atoms with E-state index in [-0.39, 0.29) is 5.69 Å². The third kappa shape index (κ3) is 2.58. The van der Waals surface area contributed by atoms with Crippen molar-refractivity contribution >= 4 is 11.3 Å². The van der Waals surface area contributed by atoms with Crippen molar-refractivity contribution in [1.82, 2.24) is 4.98 Å². The van der Waals surface area contributed by atoms with Gasteiger partial charge in [0.25, 0.3) is 0 Å². The Morgan fingerprint density at radius 2 is 1.94 bits per heavy atom. The van der Waals surface area contributed by atoms with Crippen LogP contribution in [0.3, 0.4) is 0 Å². The maximum atomic E-state index is 12.5. The monoisotopic (exact) mass is 259 g/mol. The van der Waals surface area contributed by atoms with Crippen LogP contribution in [0.15, 0.2) is 29.1 Å². The smallest absolute Gasteiger partial charge is 0.321 e. The number of thiophene rings is 1. The molecule has 0 spiro atoms. The Labute approximate surface area is 98.7 Å². The van der Waals surface area contributed by atoms with Gasteiger partial charge in [-0.05, 0) is 25.1 Å². The van der Waals surface area contributed by atoms with E-state index in [9.17, 15) is 18.0 Å². The minimum Gasteiger partial charge on any atom is -0.321 e. The predicted octanol–water partition coefficient (Wildman–Crippen LogP) is 3.43. The van der Waals surface area contributed by atoms with Gasteiger partial charge in [0.2, 0.25) is 5.56 Å². The molecule has 0 aliphatic carbocycles. The number of H-pyrrole nitrogens is 1. The fourth-order valence-corrected chi connectivity index (χ4v) is 2.26. The van der Waals surface area contributed by atoms with E-state index < -0.39 is 17.3 Å². The van der Waals surface area contributed by atoms with E-state index in [0.29, 0.717) is 10.9 Å². The van der Waals surface area contributed by atoms with Crippen molar-refractivity contribution in [3.63, 3.8) is 0 Å². The van der Waals surface area contributed by atoms with Gasteiger partial charge in [-0.2, -0.15) is 13.2 Å². The zero-order chi connectivity index (χ0) is 12.6. The van der Waals surface area contributed by atoms with Gasteiger partial charge in [-0.25, -0.2) is 0 Å². The molecule has 0 radical (unpaired) electrons. The van der Waals surface area contributed by atoms with Crippen LogP contribution in [0.4, 0.5) is 13.2 Å². The van der Waals surface area contributed by atoms with Gasteiger partial charge in [0.1, 0.15) is 0 Å². The van der Waals surface area contributed by atoms with Crippen molar-refractivity contribution in [2.45, 2.75) is 13.1 Å². The van der Waals surface area contributed by atoms with Crippen LogP contribution in [0.2, 0.25) is 0 Å². The summed E-state index contributed by atoms with van der Waals surface area (Å²) >= 11 is 1.33. The van der Waals surface area contributed by atoms with E-state index in [4.69, 9.17) is 0 Å². The first-order valence-electron chi connectivity index (χ1n) is 4.74. The summed E-state index contributed by atoms with van der Waals surface area (Å²) in [4.78, 5) is 15.2. The van der Waals surface area contributed by atoms with Gasteiger partial charge < -0.3 is 4.98 Å². The lowest BCUT2D eigenvalue weighted by atomic mass is 10.2. The molecule has 0 atom stereocenters. The maximum absolute atomic E-state index is 12.5. The molecule has 2 heterocycles. The second-order valence-corrected chi connectivity index (χ2v) is 4.84. The minimum absolute atomic E-state index is 0.197.